The first-order valence-corrected chi connectivity index (χ1v) is 18.4. The Labute approximate surface area is 290 Å². The Bertz CT molecular complexity index is 1860. The average Bonchev–Trinajstić information content (AvgIpc) is 3.66. The Morgan fingerprint density at radius 2 is 1.69 bits per heavy atom. The van der Waals surface area contributed by atoms with Crippen LogP contribution in [0.3, 0.4) is 0 Å². The summed E-state index contributed by atoms with van der Waals surface area (Å²) in [5.41, 5.74) is 9.13. The predicted molar refractivity (Wildman–Crippen MR) is 189 cm³/mol. The first-order chi connectivity index (χ1) is 23.0. The number of para-hydroxylation sites is 2. The number of thioether (sulfide) groups is 1. The maximum Gasteiger partial charge on any atom is 0.310 e. The first-order valence-electron chi connectivity index (χ1n) is 15.0. The molecule has 49 heavy (non-hydrogen) atoms. The number of anilines is 2. The minimum atomic E-state index is -9.77. The van der Waals surface area contributed by atoms with Gasteiger partial charge in [0.05, 0.1) is 16.8 Å². The van der Waals surface area contributed by atoms with Crippen LogP contribution in [0, 0.1) is 0 Å². The van der Waals surface area contributed by atoms with Crippen LogP contribution in [0.5, 0.6) is 0 Å². The van der Waals surface area contributed by atoms with Gasteiger partial charge in [0.2, 0.25) is 5.91 Å². The number of carbonyl (C=O) groups excluding carboxylic acids is 1. The van der Waals surface area contributed by atoms with Crippen molar-refractivity contribution in [2.24, 2.45) is 0 Å². The van der Waals surface area contributed by atoms with Crippen molar-refractivity contribution in [3.05, 3.63) is 102 Å². The van der Waals surface area contributed by atoms with Crippen molar-refractivity contribution < 1.29 is 29.1 Å². The van der Waals surface area contributed by atoms with Crippen LogP contribution in [0.25, 0.3) is 11.8 Å². The molecule has 1 fully saturated rings. The minimum Gasteiger partial charge on any atom is -0.397 e. The predicted octanol–water partition coefficient (Wildman–Crippen LogP) is 9.04. The highest BCUT2D eigenvalue weighted by Gasteiger charge is 2.65. The number of halogens is 5. The first kappa shape index (κ1) is 36.1. The van der Waals surface area contributed by atoms with Gasteiger partial charge in [-0.25, -0.2) is 9.67 Å². The lowest BCUT2D eigenvalue weighted by molar-refractivity contribution is -0.117. The van der Waals surface area contributed by atoms with E-state index in [-0.39, 0.29) is 33.7 Å². The summed E-state index contributed by atoms with van der Waals surface area (Å²) in [4.78, 5) is 22.5. The topological polar surface area (TPSA) is 96.3 Å². The second kappa shape index (κ2) is 13.6. The Kier molecular flexibility index (Phi) is 10.0. The highest BCUT2D eigenvalue weighted by Crippen LogP contribution is 3.02. The van der Waals surface area contributed by atoms with Crippen LogP contribution in [0.2, 0.25) is 0 Å². The van der Waals surface area contributed by atoms with Crippen LogP contribution in [-0.4, -0.2) is 36.9 Å². The van der Waals surface area contributed by atoms with Gasteiger partial charge in [0.25, 0.3) is 0 Å². The third-order valence-corrected chi connectivity index (χ3v) is 10.2. The van der Waals surface area contributed by atoms with E-state index in [0.717, 1.165) is 39.3 Å². The number of carbonyl (C=O) groups is 1. The molecule has 2 unspecified atom stereocenters. The number of aromatic nitrogens is 3. The minimum absolute atomic E-state index is 0.0394. The average molecular weight is 740 g/mol. The van der Waals surface area contributed by atoms with Crippen LogP contribution in [0.4, 0.5) is 30.8 Å². The Morgan fingerprint density at radius 3 is 2.39 bits per heavy atom. The largest absolute Gasteiger partial charge is 0.397 e. The number of nitrogens with zero attached hydrogens (tertiary/aromatic N) is 4. The molecule has 0 aliphatic carbocycles. The smallest absolute Gasteiger partial charge is 0.310 e. The number of amides is 1. The Balaban J connectivity index is 1.11. The fraction of sp³-hybridized carbons (Fsp3) is 0.250. The molecule has 17 heteroatoms. The van der Waals surface area contributed by atoms with E-state index in [1.165, 1.54) is 18.7 Å². The van der Waals surface area contributed by atoms with E-state index < -0.39 is 15.1 Å². The van der Waals surface area contributed by atoms with Crippen LogP contribution in [0.15, 0.2) is 90.3 Å². The molecule has 262 valence electrons. The van der Waals surface area contributed by atoms with Crippen molar-refractivity contribution in [1.82, 2.24) is 25.8 Å². The van der Waals surface area contributed by atoms with Crippen molar-refractivity contribution >= 4 is 62.7 Å². The highest BCUT2D eigenvalue weighted by atomic mass is 32.5. The van der Waals surface area contributed by atoms with Crippen molar-refractivity contribution in [2.45, 2.75) is 49.2 Å². The number of benzene rings is 3. The third kappa shape index (κ3) is 9.09. The molecule has 1 aliphatic heterocycles. The molecule has 5 rings (SSSR count). The van der Waals surface area contributed by atoms with Gasteiger partial charge in [-0.1, -0.05) is 82.2 Å². The van der Waals surface area contributed by atoms with E-state index >= 15 is 0 Å². The molecule has 0 spiro atoms. The zero-order valence-corrected chi connectivity index (χ0v) is 29.0. The van der Waals surface area contributed by atoms with E-state index in [2.05, 4.69) is 53.3 Å². The van der Waals surface area contributed by atoms with Gasteiger partial charge in [-0.05, 0) is 78.0 Å². The quantitative estimate of drug-likeness (QED) is 0.0433. The molecule has 1 saturated heterocycles. The van der Waals surface area contributed by atoms with E-state index in [4.69, 9.17) is 17.1 Å². The molecule has 0 radical (unpaired) electrons. The van der Waals surface area contributed by atoms with E-state index in [1.807, 2.05) is 47.4 Å². The summed E-state index contributed by atoms with van der Waals surface area (Å²) < 4.78 is 66.0. The molecule has 0 bridgehead atoms. The normalized spacial score (nSPS) is 17.2. The summed E-state index contributed by atoms with van der Waals surface area (Å²) in [6.45, 7) is 6.32. The van der Waals surface area contributed by atoms with E-state index in [0.29, 0.717) is 30.3 Å². The van der Waals surface area contributed by atoms with Crippen LogP contribution < -0.4 is 21.2 Å². The summed E-state index contributed by atoms with van der Waals surface area (Å²) >= 11 is 7.04. The fourth-order valence-electron chi connectivity index (χ4n) is 5.23. The summed E-state index contributed by atoms with van der Waals surface area (Å²) in [7, 11) is -9.77. The van der Waals surface area contributed by atoms with Gasteiger partial charge in [-0.3, -0.25) is 10.2 Å². The number of hydrazine groups is 1. The van der Waals surface area contributed by atoms with Gasteiger partial charge >= 0.3 is 10.2 Å². The zero-order valence-electron chi connectivity index (χ0n) is 26.5. The molecule has 3 aromatic carbocycles. The lowest BCUT2D eigenvalue weighted by atomic mass is 9.94. The molecule has 2 atom stereocenters. The molecular weight excluding hydrogens is 706 g/mol. The Hall–Kier alpha value is -4.19. The summed E-state index contributed by atoms with van der Waals surface area (Å²) in [6.07, 6.45) is 4.41. The van der Waals surface area contributed by atoms with Gasteiger partial charge in [0.1, 0.15) is 17.5 Å². The van der Waals surface area contributed by atoms with E-state index in [1.54, 1.807) is 11.8 Å². The number of thiocarbonyl (C=S) groups is 1. The molecule has 9 nitrogen and oxygen atoms in total. The SMILES string of the molecule is CC(C)c1ccccc1N1CSC(CC(C)c2ccccc2NC(=S)NNO/C=C/c2ncn(-c3ccc(S(F)(F)(F)(F)F)cc3)n2)C1=O. The van der Waals surface area contributed by atoms with Crippen molar-refractivity contribution in [3.8, 4) is 5.69 Å². The number of hydrogen-bond donors (Lipinski definition) is 3. The summed E-state index contributed by atoms with van der Waals surface area (Å²) in [5, 5.41) is 7.22. The van der Waals surface area contributed by atoms with Gasteiger partial charge in [-0.2, -0.15) is 0 Å². The van der Waals surface area contributed by atoms with Crippen molar-refractivity contribution in [2.75, 3.05) is 16.1 Å². The van der Waals surface area contributed by atoms with Crippen LogP contribution in [0.1, 0.15) is 56.0 Å². The third-order valence-electron chi connectivity index (χ3n) is 7.67. The lowest BCUT2D eigenvalue weighted by Crippen LogP contribution is -2.39. The van der Waals surface area contributed by atoms with Gasteiger partial charge in [0.15, 0.2) is 10.9 Å². The maximum absolute atomic E-state index is 13.5. The van der Waals surface area contributed by atoms with Gasteiger partial charge in [0, 0.05) is 17.5 Å². The second-order valence-corrected chi connectivity index (χ2v) is 15.6. The van der Waals surface area contributed by atoms with Crippen LogP contribution >= 0.6 is 34.2 Å². The van der Waals surface area contributed by atoms with Crippen LogP contribution in [-0.2, 0) is 9.63 Å². The lowest BCUT2D eigenvalue weighted by Gasteiger charge is -2.40. The molecule has 3 N–H and O–H groups in total. The van der Waals surface area contributed by atoms with Gasteiger partial charge < -0.3 is 15.1 Å². The molecule has 4 aromatic rings. The number of nitrogens with one attached hydrogen (secondary N) is 3. The second-order valence-electron chi connectivity index (χ2n) is 11.6. The number of hydrogen-bond acceptors (Lipinski definition) is 7. The highest BCUT2D eigenvalue weighted by molar-refractivity contribution is 8.45. The standard InChI is InChI=1S/C32H34F5N7O2S3/c1-21(2)25-8-5-7-11-28(25)43-20-48-29(31(43)45)18-22(3)26-9-4-6-10-27(26)39-32(47)40-42-46-17-16-30-38-19-44(41-30)23-12-14-24(15-13-23)49(33,34,35,36)37/h4-17,19,21-22,29,42H,18,20H2,1-3H3,(H2,39,40,47)/b17-16+. The van der Waals surface area contributed by atoms with Crippen molar-refractivity contribution in [3.63, 3.8) is 0 Å². The molecule has 1 aromatic heterocycles. The Morgan fingerprint density at radius 1 is 1.02 bits per heavy atom. The fourth-order valence-corrected chi connectivity index (χ4v) is 7.32. The molecular formula is C32H34F5N7O2S3. The molecule has 1 aliphatic rings. The van der Waals surface area contributed by atoms with Crippen molar-refractivity contribution in [1.29, 1.82) is 0 Å². The molecule has 1 amide bonds. The summed E-state index contributed by atoms with van der Waals surface area (Å²) in [6, 6.07) is 18.1. The summed E-state index contributed by atoms with van der Waals surface area (Å²) in [5.74, 6) is 1.19. The number of rotatable bonds is 12. The monoisotopic (exact) mass is 739 g/mol. The van der Waals surface area contributed by atoms with E-state index in [9.17, 15) is 24.2 Å². The molecule has 0 saturated carbocycles. The van der Waals surface area contributed by atoms with Gasteiger partial charge in [-0.15, -0.1) is 16.9 Å². The zero-order chi connectivity index (χ0) is 35.5. The maximum atomic E-state index is 13.5. The molecule has 2 heterocycles.